The molecule has 0 aromatic heterocycles. The van der Waals surface area contributed by atoms with E-state index in [1.807, 2.05) is 0 Å². The van der Waals surface area contributed by atoms with Crippen LogP contribution in [0.4, 0.5) is 9.18 Å². The van der Waals surface area contributed by atoms with Gasteiger partial charge in [-0.3, -0.25) is 19.4 Å². The summed E-state index contributed by atoms with van der Waals surface area (Å²) in [7, 11) is 0. The molecule has 3 aliphatic heterocycles. The van der Waals surface area contributed by atoms with Crippen LogP contribution in [0.1, 0.15) is 12.5 Å². The molecule has 1 atom stereocenters. The molecular formula is C24H28FN5O5. The number of nitrogens with zero attached hydrogens (tertiary/aromatic N) is 3. The average molecular weight is 486 g/mol. The molecule has 3 heterocycles. The number of halogens is 1. The van der Waals surface area contributed by atoms with E-state index in [0.29, 0.717) is 25.3 Å². The van der Waals surface area contributed by atoms with Crippen LogP contribution in [0.5, 0.6) is 0 Å². The zero-order valence-corrected chi connectivity index (χ0v) is 19.5. The molecular weight excluding hydrogens is 457 g/mol. The van der Waals surface area contributed by atoms with Gasteiger partial charge in [0, 0.05) is 26.2 Å². The largest absolute Gasteiger partial charge is 0.494 e. The van der Waals surface area contributed by atoms with Crippen LogP contribution < -0.4 is 10.6 Å². The third-order valence-corrected chi connectivity index (χ3v) is 6.27. The third-order valence-electron chi connectivity index (χ3n) is 6.27. The predicted molar refractivity (Wildman–Crippen MR) is 124 cm³/mol. The van der Waals surface area contributed by atoms with Crippen LogP contribution in [-0.4, -0.2) is 91.6 Å². The number of fused-ring (bicyclic) bond motifs is 2. The summed E-state index contributed by atoms with van der Waals surface area (Å²) < 4.78 is 19.1. The van der Waals surface area contributed by atoms with E-state index in [9.17, 15) is 23.6 Å². The maximum atomic E-state index is 13.3. The van der Waals surface area contributed by atoms with Crippen molar-refractivity contribution in [2.24, 2.45) is 10.9 Å². The zero-order chi connectivity index (χ0) is 24.9. The number of carbonyl (C=O) groups is 4. The van der Waals surface area contributed by atoms with Crippen LogP contribution in [0.3, 0.4) is 0 Å². The summed E-state index contributed by atoms with van der Waals surface area (Å²) in [6.07, 6.45) is 0.427. The van der Waals surface area contributed by atoms with Gasteiger partial charge in [-0.15, -0.1) is 0 Å². The Morgan fingerprint density at radius 2 is 2.00 bits per heavy atom. The predicted octanol–water partition coefficient (Wildman–Crippen LogP) is 0.282. The molecule has 4 amide bonds. The number of ether oxygens (including phenoxy) is 1. The Morgan fingerprint density at radius 3 is 2.71 bits per heavy atom. The molecule has 0 spiro atoms. The van der Waals surface area contributed by atoms with Crippen molar-refractivity contribution in [1.29, 1.82) is 0 Å². The number of amides is 4. The van der Waals surface area contributed by atoms with E-state index in [-0.39, 0.29) is 56.9 Å². The van der Waals surface area contributed by atoms with Crippen molar-refractivity contribution in [3.05, 3.63) is 47.0 Å². The number of morpholine rings is 1. The number of hydrogen-bond donors (Lipinski definition) is 2. The van der Waals surface area contributed by atoms with E-state index in [2.05, 4.69) is 15.6 Å². The standard InChI is InChI=1S/C24H28FN5O5/c1-15-21(31)20(22(32)26-6-8-29-9-7-27-24(29)34)23(33)30-10-11-35-19(14-30)17(13-28-15)12-16-2-4-18(25)5-3-16/h2-5,20H,6-14H2,1H3,(H,26,32)(H,27,34)/b19-17+,28-15?. The minimum Gasteiger partial charge on any atom is -0.494 e. The fraction of sp³-hybridized carbons (Fsp3) is 0.458. The number of aliphatic imine (C=N–C) groups is 1. The molecule has 0 radical (unpaired) electrons. The second kappa shape index (κ2) is 10.7. The molecule has 3 aliphatic rings. The van der Waals surface area contributed by atoms with Crippen molar-refractivity contribution in [3.63, 3.8) is 0 Å². The van der Waals surface area contributed by atoms with Crippen LogP contribution in [-0.2, 0) is 25.5 Å². The van der Waals surface area contributed by atoms with Gasteiger partial charge in [0.15, 0.2) is 11.7 Å². The molecule has 186 valence electrons. The van der Waals surface area contributed by atoms with Gasteiger partial charge >= 0.3 is 6.03 Å². The number of ketones is 1. The lowest BCUT2D eigenvalue weighted by Gasteiger charge is -2.33. The highest BCUT2D eigenvalue weighted by molar-refractivity contribution is 6.47. The third kappa shape index (κ3) is 5.67. The molecule has 11 heteroatoms. The Hall–Kier alpha value is -3.76. The molecule has 10 nitrogen and oxygen atoms in total. The number of urea groups is 1. The summed E-state index contributed by atoms with van der Waals surface area (Å²) in [6, 6.07) is 5.87. The lowest BCUT2D eigenvalue weighted by atomic mass is 9.96. The molecule has 0 saturated carbocycles. The minimum absolute atomic E-state index is 0.0656. The van der Waals surface area contributed by atoms with Crippen molar-refractivity contribution in [3.8, 4) is 0 Å². The van der Waals surface area contributed by atoms with E-state index >= 15 is 0 Å². The Morgan fingerprint density at radius 1 is 1.23 bits per heavy atom. The molecule has 4 rings (SSSR count). The number of rotatable bonds is 6. The average Bonchev–Trinajstić information content (AvgIpc) is 3.26. The Balaban J connectivity index is 1.51. The number of benzene rings is 1. The maximum Gasteiger partial charge on any atom is 0.317 e. The van der Waals surface area contributed by atoms with Gasteiger partial charge in [0.25, 0.3) is 0 Å². The summed E-state index contributed by atoms with van der Waals surface area (Å²) in [6.45, 7) is 3.70. The lowest BCUT2D eigenvalue weighted by Crippen LogP contribution is -2.52. The summed E-state index contributed by atoms with van der Waals surface area (Å²) in [5.74, 6) is -3.29. The SMILES string of the molecule is CC1=NC/C(Cc2ccc(F)cc2)=C2\CN(CCO2)C(=O)C(C(=O)NCCN2CCNC2=O)C1=O. The first-order chi connectivity index (χ1) is 16.8. The second-order valence-corrected chi connectivity index (χ2v) is 8.65. The molecule has 1 unspecified atom stereocenters. The summed E-state index contributed by atoms with van der Waals surface area (Å²) >= 11 is 0. The van der Waals surface area contributed by atoms with E-state index in [1.54, 1.807) is 17.0 Å². The van der Waals surface area contributed by atoms with Gasteiger partial charge < -0.3 is 25.2 Å². The zero-order valence-electron chi connectivity index (χ0n) is 19.5. The normalized spacial score (nSPS) is 23.0. The quantitative estimate of drug-likeness (QED) is 0.561. The van der Waals surface area contributed by atoms with Crippen LogP contribution in [0.15, 0.2) is 40.6 Å². The van der Waals surface area contributed by atoms with Crippen LogP contribution in [0.2, 0.25) is 0 Å². The van der Waals surface area contributed by atoms with E-state index in [4.69, 9.17) is 4.74 Å². The van der Waals surface area contributed by atoms with Crippen molar-refractivity contribution in [1.82, 2.24) is 20.4 Å². The first-order valence-corrected chi connectivity index (χ1v) is 11.6. The Kier molecular flexibility index (Phi) is 7.42. The van der Waals surface area contributed by atoms with Gasteiger partial charge in [-0.2, -0.15) is 0 Å². The highest BCUT2D eigenvalue weighted by Gasteiger charge is 2.40. The minimum atomic E-state index is -1.55. The number of nitrogens with one attached hydrogen (secondary N) is 2. The van der Waals surface area contributed by atoms with Gasteiger partial charge in [0.05, 0.1) is 25.3 Å². The van der Waals surface area contributed by atoms with E-state index in [0.717, 1.165) is 11.1 Å². The Bertz CT molecular complexity index is 1080. The fourth-order valence-corrected chi connectivity index (χ4v) is 4.24. The number of hydrogen-bond acceptors (Lipinski definition) is 6. The molecule has 0 aliphatic carbocycles. The first-order valence-electron chi connectivity index (χ1n) is 11.6. The monoisotopic (exact) mass is 485 g/mol. The first kappa shape index (κ1) is 24.4. The molecule has 1 aromatic carbocycles. The van der Waals surface area contributed by atoms with Crippen molar-refractivity contribution < 1.29 is 28.3 Å². The Labute approximate surface area is 202 Å². The molecule has 2 bridgehead atoms. The van der Waals surface area contributed by atoms with Gasteiger partial charge in [0.1, 0.15) is 18.2 Å². The highest BCUT2D eigenvalue weighted by atomic mass is 19.1. The molecule has 2 N–H and O–H groups in total. The second-order valence-electron chi connectivity index (χ2n) is 8.65. The summed E-state index contributed by atoms with van der Waals surface area (Å²) in [5, 5.41) is 5.30. The van der Waals surface area contributed by atoms with Crippen molar-refractivity contribution in [2.45, 2.75) is 13.3 Å². The fourth-order valence-electron chi connectivity index (χ4n) is 4.24. The van der Waals surface area contributed by atoms with Crippen LogP contribution in [0.25, 0.3) is 0 Å². The van der Waals surface area contributed by atoms with Crippen molar-refractivity contribution >= 4 is 29.3 Å². The summed E-state index contributed by atoms with van der Waals surface area (Å²) in [4.78, 5) is 58.5. The van der Waals surface area contributed by atoms with E-state index < -0.39 is 23.5 Å². The van der Waals surface area contributed by atoms with Crippen LogP contribution in [0, 0.1) is 11.7 Å². The van der Waals surface area contributed by atoms with Gasteiger partial charge in [-0.25, -0.2) is 9.18 Å². The smallest absolute Gasteiger partial charge is 0.317 e. The molecule has 1 aromatic rings. The summed E-state index contributed by atoms with van der Waals surface area (Å²) in [5.41, 5.74) is 1.70. The van der Waals surface area contributed by atoms with Gasteiger partial charge in [0.2, 0.25) is 11.8 Å². The molecule has 2 saturated heterocycles. The molecule has 35 heavy (non-hydrogen) atoms. The number of Topliss-reactive ketones (excluding diaryl/α,β-unsaturated/α-hetero) is 1. The lowest BCUT2D eigenvalue weighted by molar-refractivity contribution is -0.147. The van der Waals surface area contributed by atoms with Crippen molar-refractivity contribution in [2.75, 3.05) is 52.4 Å². The highest BCUT2D eigenvalue weighted by Crippen LogP contribution is 2.22. The maximum absolute atomic E-state index is 13.3. The van der Waals surface area contributed by atoms with Crippen LogP contribution >= 0.6 is 0 Å². The topological polar surface area (TPSA) is 120 Å². The van der Waals surface area contributed by atoms with E-state index in [1.165, 1.54) is 24.0 Å². The van der Waals surface area contributed by atoms with Gasteiger partial charge in [-0.1, -0.05) is 12.1 Å². The number of carbonyl (C=O) groups excluding carboxylic acids is 4. The molecule has 2 fully saturated rings. The van der Waals surface area contributed by atoms with Gasteiger partial charge in [-0.05, 0) is 36.6 Å².